The first-order valence-electron chi connectivity index (χ1n) is 5.49. The maximum Gasteiger partial charge on any atom is 0.155 e. The van der Waals surface area contributed by atoms with Crippen molar-refractivity contribution in [2.75, 3.05) is 23.7 Å². The number of nitrogen functional groups attached to an aromatic ring is 1. The molecule has 0 radical (unpaired) electrons. The summed E-state index contributed by atoms with van der Waals surface area (Å²) >= 11 is 0. The minimum absolute atomic E-state index is 0.682. The summed E-state index contributed by atoms with van der Waals surface area (Å²) in [5, 5.41) is 0. The first-order chi connectivity index (χ1) is 7.18. The molecule has 0 saturated carbocycles. The summed E-state index contributed by atoms with van der Waals surface area (Å²) in [6.45, 7) is 6.68. The third-order valence-electron chi connectivity index (χ3n) is 3.19. The molecule has 4 nitrogen and oxygen atoms in total. The number of rotatable bonds is 2. The van der Waals surface area contributed by atoms with E-state index in [9.17, 15) is 0 Å². The minimum atomic E-state index is 0.682. The number of anilines is 2. The molecule has 2 rings (SSSR count). The SMILES string of the molecule is CC(C)C1CCN(c2ncncc2N)C1. The second-order valence-corrected chi connectivity index (χ2v) is 4.54. The fourth-order valence-electron chi connectivity index (χ4n) is 2.12. The van der Waals surface area contributed by atoms with Gasteiger partial charge in [0, 0.05) is 13.1 Å². The monoisotopic (exact) mass is 206 g/mol. The molecule has 0 aromatic carbocycles. The predicted molar refractivity (Wildman–Crippen MR) is 61.6 cm³/mol. The predicted octanol–water partition coefficient (Wildman–Crippen LogP) is 1.54. The molecular weight excluding hydrogens is 188 g/mol. The van der Waals surface area contributed by atoms with Crippen LogP contribution >= 0.6 is 0 Å². The van der Waals surface area contributed by atoms with Gasteiger partial charge < -0.3 is 10.6 Å². The Morgan fingerprint density at radius 1 is 1.53 bits per heavy atom. The van der Waals surface area contributed by atoms with Gasteiger partial charge in [0.25, 0.3) is 0 Å². The fraction of sp³-hybridized carbons (Fsp3) is 0.636. The standard InChI is InChI=1S/C11H18N4/c1-8(2)9-3-4-15(6-9)11-10(12)5-13-7-14-11/h5,7-9H,3-4,6,12H2,1-2H3. The van der Waals surface area contributed by atoms with Crippen molar-refractivity contribution in [2.24, 2.45) is 11.8 Å². The van der Waals surface area contributed by atoms with Crippen molar-refractivity contribution in [3.63, 3.8) is 0 Å². The second kappa shape index (κ2) is 4.04. The van der Waals surface area contributed by atoms with Crippen molar-refractivity contribution in [1.29, 1.82) is 0 Å². The summed E-state index contributed by atoms with van der Waals surface area (Å²) in [5.41, 5.74) is 6.54. The van der Waals surface area contributed by atoms with Crippen LogP contribution in [0.25, 0.3) is 0 Å². The van der Waals surface area contributed by atoms with Crippen molar-refractivity contribution in [3.05, 3.63) is 12.5 Å². The van der Waals surface area contributed by atoms with Crippen molar-refractivity contribution < 1.29 is 0 Å². The molecule has 1 aliphatic rings. The molecule has 0 spiro atoms. The highest BCUT2D eigenvalue weighted by Crippen LogP contribution is 2.29. The molecule has 2 N–H and O–H groups in total. The van der Waals surface area contributed by atoms with E-state index < -0.39 is 0 Å². The zero-order chi connectivity index (χ0) is 10.8. The zero-order valence-electron chi connectivity index (χ0n) is 9.35. The van der Waals surface area contributed by atoms with E-state index in [1.54, 1.807) is 12.5 Å². The number of aromatic nitrogens is 2. The molecule has 1 fully saturated rings. The van der Waals surface area contributed by atoms with E-state index >= 15 is 0 Å². The molecule has 1 unspecified atom stereocenters. The highest BCUT2D eigenvalue weighted by Gasteiger charge is 2.26. The minimum Gasteiger partial charge on any atom is -0.394 e. The Labute approximate surface area is 90.5 Å². The summed E-state index contributed by atoms with van der Waals surface area (Å²) in [4.78, 5) is 10.4. The number of hydrogen-bond donors (Lipinski definition) is 1. The van der Waals surface area contributed by atoms with Crippen LogP contribution in [0.4, 0.5) is 11.5 Å². The van der Waals surface area contributed by atoms with Gasteiger partial charge >= 0.3 is 0 Å². The van der Waals surface area contributed by atoms with Gasteiger partial charge in [-0.25, -0.2) is 9.97 Å². The Balaban J connectivity index is 2.11. The van der Waals surface area contributed by atoms with E-state index in [2.05, 4.69) is 28.7 Å². The first kappa shape index (κ1) is 10.2. The van der Waals surface area contributed by atoms with Gasteiger partial charge in [-0.15, -0.1) is 0 Å². The van der Waals surface area contributed by atoms with Gasteiger partial charge in [0.15, 0.2) is 5.82 Å². The van der Waals surface area contributed by atoms with E-state index in [-0.39, 0.29) is 0 Å². The number of nitrogens with zero attached hydrogens (tertiary/aromatic N) is 3. The lowest BCUT2D eigenvalue weighted by Crippen LogP contribution is -2.23. The largest absolute Gasteiger partial charge is 0.394 e. The summed E-state index contributed by atoms with van der Waals surface area (Å²) in [6, 6.07) is 0. The molecule has 1 aliphatic heterocycles. The van der Waals surface area contributed by atoms with E-state index in [4.69, 9.17) is 5.73 Å². The Morgan fingerprint density at radius 3 is 2.93 bits per heavy atom. The van der Waals surface area contributed by atoms with Crippen LogP contribution in [-0.2, 0) is 0 Å². The molecule has 1 aromatic rings. The van der Waals surface area contributed by atoms with E-state index in [0.29, 0.717) is 5.69 Å². The maximum atomic E-state index is 5.86. The molecule has 15 heavy (non-hydrogen) atoms. The van der Waals surface area contributed by atoms with Crippen LogP contribution in [-0.4, -0.2) is 23.1 Å². The van der Waals surface area contributed by atoms with Crippen molar-refractivity contribution >= 4 is 11.5 Å². The molecule has 0 aliphatic carbocycles. The average molecular weight is 206 g/mol. The third-order valence-corrected chi connectivity index (χ3v) is 3.19. The Morgan fingerprint density at radius 2 is 2.33 bits per heavy atom. The van der Waals surface area contributed by atoms with Crippen molar-refractivity contribution in [3.8, 4) is 0 Å². The second-order valence-electron chi connectivity index (χ2n) is 4.54. The molecule has 1 saturated heterocycles. The molecule has 0 amide bonds. The lowest BCUT2D eigenvalue weighted by atomic mass is 9.95. The van der Waals surface area contributed by atoms with E-state index in [0.717, 1.165) is 30.7 Å². The van der Waals surface area contributed by atoms with Gasteiger partial charge in [-0.1, -0.05) is 13.8 Å². The summed E-state index contributed by atoms with van der Waals surface area (Å²) in [7, 11) is 0. The van der Waals surface area contributed by atoms with Gasteiger partial charge in [-0.3, -0.25) is 0 Å². The highest BCUT2D eigenvalue weighted by molar-refractivity contribution is 5.61. The number of hydrogen-bond acceptors (Lipinski definition) is 4. The van der Waals surface area contributed by atoms with E-state index in [1.807, 2.05) is 0 Å². The van der Waals surface area contributed by atoms with Gasteiger partial charge in [0.2, 0.25) is 0 Å². The zero-order valence-corrected chi connectivity index (χ0v) is 9.35. The average Bonchev–Trinajstić information content (AvgIpc) is 2.67. The Hall–Kier alpha value is -1.32. The van der Waals surface area contributed by atoms with Gasteiger partial charge in [-0.2, -0.15) is 0 Å². The summed E-state index contributed by atoms with van der Waals surface area (Å²) in [6.07, 6.45) is 4.47. The molecule has 4 heteroatoms. The maximum absolute atomic E-state index is 5.86. The molecule has 1 atom stereocenters. The third kappa shape index (κ3) is 2.03. The normalized spacial score (nSPS) is 21.3. The summed E-state index contributed by atoms with van der Waals surface area (Å²) in [5.74, 6) is 2.39. The Kier molecular flexibility index (Phi) is 2.75. The van der Waals surface area contributed by atoms with Gasteiger partial charge in [-0.05, 0) is 18.3 Å². The Bertz CT molecular complexity index is 337. The molecule has 82 valence electrons. The van der Waals surface area contributed by atoms with Crippen LogP contribution in [0.1, 0.15) is 20.3 Å². The van der Waals surface area contributed by atoms with Crippen LogP contribution in [0.2, 0.25) is 0 Å². The van der Waals surface area contributed by atoms with Crippen molar-refractivity contribution in [1.82, 2.24) is 9.97 Å². The van der Waals surface area contributed by atoms with Crippen molar-refractivity contribution in [2.45, 2.75) is 20.3 Å². The summed E-state index contributed by atoms with van der Waals surface area (Å²) < 4.78 is 0. The quantitative estimate of drug-likeness (QED) is 0.797. The van der Waals surface area contributed by atoms with Crippen LogP contribution in [0.15, 0.2) is 12.5 Å². The van der Waals surface area contributed by atoms with Crippen LogP contribution < -0.4 is 10.6 Å². The molecule has 0 bridgehead atoms. The molecular formula is C11H18N4. The van der Waals surface area contributed by atoms with Crippen LogP contribution in [0, 0.1) is 11.8 Å². The van der Waals surface area contributed by atoms with Crippen LogP contribution in [0.5, 0.6) is 0 Å². The lowest BCUT2D eigenvalue weighted by Gasteiger charge is -2.19. The lowest BCUT2D eigenvalue weighted by molar-refractivity contribution is 0.422. The fourth-order valence-corrected chi connectivity index (χ4v) is 2.12. The smallest absolute Gasteiger partial charge is 0.155 e. The van der Waals surface area contributed by atoms with Crippen LogP contribution in [0.3, 0.4) is 0 Å². The van der Waals surface area contributed by atoms with Gasteiger partial charge in [0.05, 0.1) is 11.9 Å². The topological polar surface area (TPSA) is 55.0 Å². The van der Waals surface area contributed by atoms with Gasteiger partial charge in [0.1, 0.15) is 6.33 Å². The molecule has 2 heterocycles. The molecule has 1 aromatic heterocycles. The highest BCUT2D eigenvalue weighted by atomic mass is 15.2. The first-order valence-corrected chi connectivity index (χ1v) is 5.49. The number of nitrogens with two attached hydrogens (primary N) is 1. The van der Waals surface area contributed by atoms with E-state index in [1.165, 1.54) is 6.42 Å².